The molecule has 1 spiro atoms. The molecule has 0 aromatic rings. The first-order chi connectivity index (χ1) is 10.0. The van der Waals surface area contributed by atoms with Gasteiger partial charge in [0.15, 0.2) is 0 Å². The van der Waals surface area contributed by atoms with Crippen LogP contribution in [-0.4, -0.2) is 64.5 Å². The van der Waals surface area contributed by atoms with Crippen LogP contribution in [0.25, 0.3) is 0 Å². The van der Waals surface area contributed by atoms with Gasteiger partial charge in [0, 0.05) is 32.1 Å². The largest absolute Gasteiger partial charge is 0.395 e. The molecule has 1 saturated heterocycles. The van der Waals surface area contributed by atoms with Gasteiger partial charge in [-0.15, -0.1) is 0 Å². The van der Waals surface area contributed by atoms with Crippen LogP contribution in [0.15, 0.2) is 4.99 Å². The van der Waals surface area contributed by atoms with Crippen LogP contribution in [0.5, 0.6) is 0 Å². The molecule has 5 nitrogen and oxygen atoms in total. The molecule has 2 aliphatic rings. The van der Waals surface area contributed by atoms with E-state index in [9.17, 15) is 4.79 Å². The number of unbranched alkanes of at least 4 members (excludes halogenated alkanes) is 1. The van der Waals surface area contributed by atoms with Crippen molar-refractivity contribution in [3.05, 3.63) is 0 Å². The van der Waals surface area contributed by atoms with Crippen molar-refractivity contribution in [3.8, 4) is 0 Å². The van der Waals surface area contributed by atoms with Gasteiger partial charge >= 0.3 is 0 Å². The van der Waals surface area contributed by atoms with E-state index in [0.717, 1.165) is 51.0 Å². The molecule has 0 saturated carbocycles. The Morgan fingerprint density at radius 2 is 2.00 bits per heavy atom. The summed E-state index contributed by atoms with van der Waals surface area (Å²) in [5, 5.41) is 9.04. The van der Waals surface area contributed by atoms with Crippen LogP contribution < -0.4 is 0 Å². The zero-order valence-corrected chi connectivity index (χ0v) is 13.6. The highest BCUT2D eigenvalue weighted by atomic mass is 16.3. The number of amides is 1. The second-order valence-electron chi connectivity index (χ2n) is 6.50. The van der Waals surface area contributed by atoms with Crippen molar-refractivity contribution in [1.82, 2.24) is 9.80 Å². The number of piperidine rings is 1. The third kappa shape index (κ3) is 3.29. The van der Waals surface area contributed by atoms with E-state index in [2.05, 4.69) is 25.7 Å². The average Bonchev–Trinajstić information content (AvgIpc) is 2.72. The van der Waals surface area contributed by atoms with Gasteiger partial charge in [-0.2, -0.15) is 0 Å². The monoisotopic (exact) mass is 295 g/mol. The van der Waals surface area contributed by atoms with Gasteiger partial charge < -0.3 is 10.0 Å². The summed E-state index contributed by atoms with van der Waals surface area (Å²) in [5.74, 6) is 1.19. The molecule has 0 aliphatic carbocycles. The molecule has 21 heavy (non-hydrogen) atoms. The molecule has 0 bridgehead atoms. The minimum atomic E-state index is -0.515. The smallest absolute Gasteiger partial charge is 0.256 e. The molecule has 2 heterocycles. The summed E-state index contributed by atoms with van der Waals surface area (Å²) in [7, 11) is 0. The number of β-amino-alcohol motifs (C(OH)–C–C–N with tert-alkyl or cyclic N) is 1. The van der Waals surface area contributed by atoms with Crippen LogP contribution in [0, 0.1) is 0 Å². The minimum Gasteiger partial charge on any atom is -0.395 e. The molecule has 5 heteroatoms. The number of rotatable bonds is 6. The lowest BCUT2D eigenvalue weighted by atomic mass is 9.87. The summed E-state index contributed by atoms with van der Waals surface area (Å²) in [4.78, 5) is 22.0. The van der Waals surface area contributed by atoms with E-state index < -0.39 is 5.54 Å². The maximum atomic E-state index is 12.9. The SMILES string of the molecule is CCCCC1=NC2(CCN(CCO)CC2)C(=O)N1C(C)C. The first-order valence-electron chi connectivity index (χ1n) is 8.29. The zero-order valence-electron chi connectivity index (χ0n) is 13.6. The van der Waals surface area contributed by atoms with Gasteiger partial charge in [0.25, 0.3) is 5.91 Å². The molecule has 0 atom stereocenters. The van der Waals surface area contributed by atoms with E-state index in [1.807, 2.05) is 4.90 Å². The van der Waals surface area contributed by atoms with Crippen LogP contribution in [0.4, 0.5) is 0 Å². The van der Waals surface area contributed by atoms with Crippen molar-refractivity contribution in [1.29, 1.82) is 0 Å². The van der Waals surface area contributed by atoms with Crippen LogP contribution >= 0.6 is 0 Å². The molecular formula is C16H29N3O2. The van der Waals surface area contributed by atoms with Crippen LogP contribution in [-0.2, 0) is 4.79 Å². The summed E-state index contributed by atoms with van der Waals surface area (Å²) in [6.45, 7) is 8.89. The predicted octanol–water partition coefficient (Wildman–Crippen LogP) is 1.65. The van der Waals surface area contributed by atoms with Crippen molar-refractivity contribution < 1.29 is 9.90 Å². The Kier molecular flexibility index (Phi) is 5.38. The number of aliphatic imine (C=N–C) groups is 1. The zero-order chi connectivity index (χ0) is 15.5. The number of nitrogens with zero attached hydrogens (tertiary/aromatic N) is 3. The van der Waals surface area contributed by atoms with Gasteiger partial charge in [-0.1, -0.05) is 13.3 Å². The van der Waals surface area contributed by atoms with Crippen molar-refractivity contribution in [3.63, 3.8) is 0 Å². The van der Waals surface area contributed by atoms with E-state index in [-0.39, 0.29) is 18.6 Å². The summed E-state index contributed by atoms with van der Waals surface area (Å²) < 4.78 is 0. The van der Waals surface area contributed by atoms with E-state index in [1.54, 1.807) is 0 Å². The number of amidine groups is 1. The second kappa shape index (κ2) is 6.88. The highest BCUT2D eigenvalue weighted by molar-refractivity contribution is 6.08. The molecule has 0 aromatic carbocycles. The maximum absolute atomic E-state index is 12.9. The average molecular weight is 295 g/mol. The van der Waals surface area contributed by atoms with Gasteiger partial charge in [0.2, 0.25) is 0 Å². The number of likely N-dealkylation sites (tertiary alicyclic amines) is 1. The summed E-state index contributed by atoms with van der Waals surface area (Å²) in [6.07, 6.45) is 4.68. The second-order valence-corrected chi connectivity index (χ2v) is 6.50. The molecule has 2 aliphatic heterocycles. The van der Waals surface area contributed by atoms with E-state index in [0.29, 0.717) is 6.54 Å². The Hall–Kier alpha value is -0.940. The summed E-state index contributed by atoms with van der Waals surface area (Å²) in [5.41, 5.74) is -0.515. The van der Waals surface area contributed by atoms with Gasteiger partial charge in [-0.05, 0) is 33.1 Å². The lowest BCUT2D eigenvalue weighted by Crippen LogP contribution is -2.51. The first kappa shape index (κ1) is 16.4. The third-order valence-electron chi connectivity index (χ3n) is 4.61. The fraction of sp³-hybridized carbons (Fsp3) is 0.875. The summed E-state index contributed by atoms with van der Waals surface area (Å²) in [6, 6.07) is 0.183. The first-order valence-corrected chi connectivity index (χ1v) is 8.29. The topological polar surface area (TPSA) is 56.1 Å². The number of aliphatic hydroxyl groups excluding tert-OH is 1. The molecule has 0 aromatic heterocycles. The highest BCUT2D eigenvalue weighted by Gasteiger charge is 2.49. The predicted molar refractivity (Wildman–Crippen MR) is 84.4 cm³/mol. The number of hydrogen-bond donors (Lipinski definition) is 1. The molecule has 1 amide bonds. The summed E-state index contributed by atoms with van der Waals surface area (Å²) >= 11 is 0. The van der Waals surface area contributed by atoms with E-state index in [4.69, 9.17) is 10.1 Å². The van der Waals surface area contributed by atoms with Crippen LogP contribution in [0.1, 0.15) is 52.9 Å². The molecular weight excluding hydrogens is 266 g/mol. The maximum Gasteiger partial charge on any atom is 0.256 e. The fourth-order valence-electron chi connectivity index (χ4n) is 3.35. The minimum absolute atomic E-state index is 0.183. The molecule has 0 unspecified atom stereocenters. The van der Waals surface area contributed by atoms with Crippen molar-refractivity contribution >= 4 is 11.7 Å². The quantitative estimate of drug-likeness (QED) is 0.810. The van der Waals surface area contributed by atoms with E-state index >= 15 is 0 Å². The number of aliphatic hydroxyl groups is 1. The van der Waals surface area contributed by atoms with Crippen molar-refractivity contribution in [2.24, 2.45) is 4.99 Å². The van der Waals surface area contributed by atoms with Crippen molar-refractivity contribution in [2.45, 2.75) is 64.5 Å². The van der Waals surface area contributed by atoms with Gasteiger partial charge in [-0.3, -0.25) is 14.7 Å². The lowest BCUT2D eigenvalue weighted by Gasteiger charge is -2.36. The van der Waals surface area contributed by atoms with Gasteiger partial charge in [0.05, 0.1) is 6.61 Å². The Balaban J connectivity index is 2.13. The molecule has 2 rings (SSSR count). The molecule has 120 valence electrons. The van der Waals surface area contributed by atoms with Crippen LogP contribution in [0.3, 0.4) is 0 Å². The fourth-order valence-corrected chi connectivity index (χ4v) is 3.35. The molecule has 1 N–H and O–H groups in total. The van der Waals surface area contributed by atoms with E-state index in [1.165, 1.54) is 0 Å². The third-order valence-corrected chi connectivity index (χ3v) is 4.61. The van der Waals surface area contributed by atoms with Crippen LogP contribution in [0.2, 0.25) is 0 Å². The van der Waals surface area contributed by atoms with Crippen molar-refractivity contribution in [2.75, 3.05) is 26.2 Å². The Morgan fingerprint density at radius 3 is 2.52 bits per heavy atom. The molecule has 0 radical (unpaired) electrons. The highest BCUT2D eigenvalue weighted by Crippen LogP contribution is 2.35. The lowest BCUT2D eigenvalue weighted by molar-refractivity contribution is -0.134. The van der Waals surface area contributed by atoms with Gasteiger partial charge in [-0.25, -0.2) is 0 Å². The van der Waals surface area contributed by atoms with Gasteiger partial charge in [0.1, 0.15) is 11.4 Å². The number of carbonyl (C=O) groups excluding carboxylic acids is 1. The Labute approximate surface area is 128 Å². The number of carbonyl (C=O) groups is 1. The Morgan fingerprint density at radius 1 is 1.33 bits per heavy atom. The standard InChI is InChI=1S/C16H29N3O2/c1-4-5-6-14-17-16(15(21)19(14)13(2)3)7-9-18(10-8-16)11-12-20/h13,20H,4-12H2,1-3H3. The molecule has 1 fully saturated rings. The normalized spacial score (nSPS) is 22.4. The Bertz CT molecular complexity index is 398. The number of hydrogen-bond acceptors (Lipinski definition) is 4.